The lowest BCUT2D eigenvalue weighted by molar-refractivity contribution is -0.133. The van der Waals surface area contributed by atoms with Crippen LogP contribution < -0.4 is 4.90 Å². The molecule has 5 nitrogen and oxygen atoms in total. The minimum absolute atomic E-state index is 0.349. The third-order valence-corrected chi connectivity index (χ3v) is 5.20. The Morgan fingerprint density at radius 2 is 2.04 bits per heavy atom. The van der Waals surface area contributed by atoms with Crippen LogP contribution in [-0.4, -0.2) is 66.5 Å². The van der Waals surface area contributed by atoms with Gasteiger partial charge in [-0.1, -0.05) is 13.0 Å². The van der Waals surface area contributed by atoms with E-state index in [1.807, 2.05) is 12.3 Å². The maximum absolute atomic E-state index is 12.1. The monoisotopic (exact) mass is 330 g/mol. The maximum atomic E-state index is 12.1. The van der Waals surface area contributed by atoms with Gasteiger partial charge in [-0.25, -0.2) is 4.98 Å². The lowest BCUT2D eigenvalue weighted by Crippen LogP contribution is -2.50. The van der Waals surface area contributed by atoms with Crippen molar-refractivity contribution >= 4 is 11.7 Å². The van der Waals surface area contributed by atoms with Crippen LogP contribution in [0, 0.1) is 5.92 Å². The number of hydrogen-bond donors (Lipinski definition) is 0. The molecule has 0 radical (unpaired) electrons. The molecule has 3 heterocycles. The number of rotatable bonds is 5. The Hall–Kier alpha value is -1.62. The van der Waals surface area contributed by atoms with E-state index < -0.39 is 0 Å². The zero-order valence-corrected chi connectivity index (χ0v) is 14.9. The molecule has 1 aromatic heterocycles. The van der Waals surface area contributed by atoms with E-state index in [2.05, 4.69) is 38.7 Å². The van der Waals surface area contributed by atoms with E-state index in [9.17, 15) is 4.79 Å². The lowest BCUT2D eigenvalue weighted by Gasteiger charge is -2.39. The van der Waals surface area contributed by atoms with E-state index in [4.69, 9.17) is 0 Å². The number of carbonyl (C=O) groups is 1. The molecule has 3 rings (SSSR count). The van der Waals surface area contributed by atoms with Gasteiger partial charge in [0.2, 0.25) is 5.91 Å². The second kappa shape index (κ2) is 8.47. The highest BCUT2D eigenvalue weighted by molar-refractivity contribution is 5.76. The zero-order chi connectivity index (χ0) is 16.8. The molecule has 0 N–H and O–H groups in total. The number of nitrogens with zero attached hydrogens (tertiary/aromatic N) is 4. The first-order chi connectivity index (χ1) is 11.8. The summed E-state index contributed by atoms with van der Waals surface area (Å²) in [5.41, 5.74) is 0. The van der Waals surface area contributed by atoms with Crippen molar-refractivity contribution in [3.05, 3.63) is 24.4 Å². The third kappa shape index (κ3) is 4.47. The molecular weight excluding hydrogens is 300 g/mol. The second-order valence-corrected chi connectivity index (χ2v) is 7.07. The Morgan fingerprint density at radius 1 is 1.21 bits per heavy atom. The number of hydrogen-bond acceptors (Lipinski definition) is 4. The number of anilines is 1. The summed E-state index contributed by atoms with van der Waals surface area (Å²) in [5, 5.41) is 0. The molecule has 0 saturated carbocycles. The van der Waals surface area contributed by atoms with Gasteiger partial charge in [0.05, 0.1) is 0 Å². The number of carbonyl (C=O) groups excluding carboxylic acids is 1. The van der Waals surface area contributed by atoms with Crippen LogP contribution in [0.2, 0.25) is 0 Å². The van der Waals surface area contributed by atoms with Crippen LogP contribution in [0.1, 0.15) is 32.6 Å². The van der Waals surface area contributed by atoms with Gasteiger partial charge in [0.1, 0.15) is 5.82 Å². The molecule has 0 spiro atoms. The Bertz CT molecular complexity index is 513. The smallest absolute Gasteiger partial charge is 0.222 e. The fraction of sp³-hybridized carbons (Fsp3) is 0.684. The van der Waals surface area contributed by atoms with Crippen LogP contribution in [0.4, 0.5) is 5.82 Å². The molecule has 1 atom stereocenters. The normalized spacial score (nSPS) is 22.6. The molecule has 24 heavy (non-hydrogen) atoms. The van der Waals surface area contributed by atoms with Crippen LogP contribution in [0.25, 0.3) is 0 Å². The van der Waals surface area contributed by atoms with Crippen molar-refractivity contribution in [3.63, 3.8) is 0 Å². The van der Waals surface area contributed by atoms with Gasteiger partial charge in [-0.05, 0) is 37.3 Å². The van der Waals surface area contributed by atoms with Crippen LogP contribution in [0.3, 0.4) is 0 Å². The van der Waals surface area contributed by atoms with Crippen molar-refractivity contribution < 1.29 is 4.79 Å². The molecule has 0 aromatic carbocycles. The summed E-state index contributed by atoms with van der Waals surface area (Å²) >= 11 is 0. The predicted molar refractivity (Wildman–Crippen MR) is 97.1 cm³/mol. The van der Waals surface area contributed by atoms with E-state index >= 15 is 0 Å². The van der Waals surface area contributed by atoms with Crippen molar-refractivity contribution in [1.29, 1.82) is 0 Å². The molecule has 1 aromatic rings. The minimum Gasteiger partial charge on any atom is -0.354 e. The number of piperazine rings is 1. The van der Waals surface area contributed by atoms with E-state index in [0.29, 0.717) is 18.2 Å². The average Bonchev–Trinajstić information content (AvgIpc) is 2.63. The van der Waals surface area contributed by atoms with Crippen molar-refractivity contribution in [3.8, 4) is 0 Å². The molecule has 1 amide bonds. The lowest BCUT2D eigenvalue weighted by atomic mass is 9.96. The predicted octanol–water partition coefficient (Wildman–Crippen LogP) is 2.24. The number of pyridine rings is 1. The van der Waals surface area contributed by atoms with Gasteiger partial charge in [-0.3, -0.25) is 9.69 Å². The molecule has 2 saturated heterocycles. The number of aromatic nitrogens is 1. The Labute approximate surface area is 145 Å². The highest BCUT2D eigenvalue weighted by atomic mass is 16.2. The van der Waals surface area contributed by atoms with E-state index in [0.717, 1.165) is 64.5 Å². The summed E-state index contributed by atoms with van der Waals surface area (Å²) in [6.45, 7) is 9.41. The molecule has 2 aliphatic heterocycles. The first-order valence-electron chi connectivity index (χ1n) is 9.42. The van der Waals surface area contributed by atoms with Gasteiger partial charge >= 0.3 is 0 Å². The van der Waals surface area contributed by atoms with Crippen LogP contribution in [0.15, 0.2) is 24.4 Å². The van der Waals surface area contributed by atoms with Gasteiger partial charge in [-0.2, -0.15) is 0 Å². The molecule has 0 unspecified atom stereocenters. The van der Waals surface area contributed by atoms with Crippen molar-refractivity contribution in [1.82, 2.24) is 14.8 Å². The summed E-state index contributed by atoms with van der Waals surface area (Å²) < 4.78 is 0. The summed E-state index contributed by atoms with van der Waals surface area (Å²) in [7, 11) is 0. The summed E-state index contributed by atoms with van der Waals surface area (Å²) in [6, 6.07) is 6.11. The fourth-order valence-electron chi connectivity index (χ4n) is 3.88. The van der Waals surface area contributed by atoms with Crippen molar-refractivity contribution in [2.75, 3.05) is 50.7 Å². The van der Waals surface area contributed by atoms with Crippen molar-refractivity contribution in [2.24, 2.45) is 5.92 Å². The summed E-state index contributed by atoms with van der Waals surface area (Å²) in [6.07, 6.45) is 5.95. The first kappa shape index (κ1) is 17.2. The second-order valence-electron chi connectivity index (χ2n) is 7.07. The zero-order valence-electron chi connectivity index (χ0n) is 14.9. The molecule has 2 aliphatic rings. The van der Waals surface area contributed by atoms with E-state index in [-0.39, 0.29) is 0 Å². The molecular formula is C19H30N4O. The highest BCUT2D eigenvalue weighted by Crippen LogP contribution is 2.20. The minimum atomic E-state index is 0.349. The SMILES string of the molecule is CCCC(=O)N1CCC[C@@H](CN2CCN(c3ccccn3)CC2)C1. The number of amides is 1. The first-order valence-corrected chi connectivity index (χ1v) is 9.42. The summed E-state index contributed by atoms with van der Waals surface area (Å²) in [4.78, 5) is 23.6. The quantitative estimate of drug-likeness (QED) is 0.830. The topological polar surface area (TPSA) is 39.7 Å². The number of likely N-dealkylation sites (tertiary alicyclic amines) is 1. The summed E-state index contributed by atoms with van der Waals surface area (Å²) in [5.74, 6) is 2.08. The Morgan fingerprint density at radius 3 is 2.75 bits per heavy atom. The third-order valence-electron chi connectivity index (χ3n) is 5.20. The Balaban J connectivity index is 1.45. The molecule has 2 fully saturated rings. The van der Waals surface area contributed by atoms with Crippen LogP contribution in [-0.2, 0) is 4.79 Å². The maximum Gasteiger partial charge on any atom is 0.222 e. The Kier molecular flexibility index (Phi) is 6.07. The van der Waals surface area contributed by atoms with E-state index in [1.54, 1.807) is 0 Å². The van der Waals surface area contributed by atoms with Crippen LogP contribution >= 0.6 is 0 Å². The molecule has 0 aliphatic carbocycles. The van der Waals surface area contributed by atoms with E-state index in [1.165, 1.54) is 6.42 Å². The highest BCUT2D eigenvalue weighted by Gasteiger charge is 2.26. The van der Waals surface area contributed by atoms with Gasteiger partial charge in [-0.15, -0.1) is 0 Å². The van der Waals surface area contributed by atoms with Gasteiger partial charge in [0.15, 0.2) is 0 Å². The largest absolute Gasteiger partial charge is 0.354 e. The average molecular weight is 330 g/mol. The molecule has 5 heteroatoms. The van der Waals surface area contributed by atoms with Gasteiger partial charge in [0, 0.05) is 58.4 Å². The molecule has 0 bridgehead atoms. The van der Waals surface area contributed by atoms with Gasteiger partial charge in [0.25, 0.3) is 0 Å². The molecule has 132 valence electrons. The number of piperidine rings is 1. The van der Waals surface area contributed by atoms with Crippen molar-refractivity contribution in [2.45, 2.75) is 32.6 Å². The van der Waals surface area contributed by atoms with Crippen LogP contribution in [0.5, 0.6) is 0 Å². The fourth-order valence-corrected chi connectivity index (χ4v) is 3.88. The van der Waals surface area contributed by atoms with Gasteiger partial charge < -0.3 is 9.80 Å². The standard InChI is InChI=1S/C19H30N4O/c1-2-6-19(24)23-10-5-7-17(16-23)15-21-11-13-22(14-12-21)18-8-3-4-9-20-18/h3-4,8-9,17H,2,5-7,10-16H2,1H3/t17-/m0/s1.